The van der Waals surface area contributed by atoms with Crippen molar-refractivity contribution in [3.05, 3.63) is 21.3 Å². The molecule has 0 bridgehead atoms. The highest BCUT2D eigenvalue weighted by atomic mass is 35.5. The third kappa shape index (κ3) is 2.91. The van der Waals surface area contributed by atoms with Crippen molar-refractivity contribution in [2.75, 3.05) is 13.2 Å². The number of aliphatic hydroxyl groups is 1. The van der Waals surface area contributed by atoms with E-state index in [9.17, 15) is 9.59 Å². The van der Waals surface area contributed by atoms with E-state index in [2.05, 4.69) is 10.6 Å². The molecule has 2 aliphatic heterocycles. The normalized spacial score (nSPS) is 28.7. The van der Waals surface area contributed by atoms with Gasteiger partial charge in [0.2, 0.25) is 11.8 Å². The maximum Gasteiger partial charge on any atom is 0.248 e. The van der Waals surface area contributed by atoms with E-state index in [1.807, 2.05) is 12.1 Å². The molecule has 1 aromatic heterocycles. The first-order valence-corrected chi connectivity index (χ1v) is 7.97. The molecule has 0 saturated carbocycles. The van der Waals surface area contributed by atoms with Gasteiger partial charge in [-0.1, -0.05) is 11.6 Å². The number of amides is 2. The second-order valence-electron chi connectivity index (χ2n) is 5.27. The standard InChI is InChI=1S/C13H16ClN3O3S/c14-11-2-1-8(21-11)4-15-7-3-10-12(19)16-9(6-18)13(20)17(10)5-7/h1-2,7,9-10,15,18H,3-6H2,(H,16,19)/t7-,9+,10-/m0/s1. The van der Waals surface area contributed by atoms with Crippen LogP contribution in [-0.4, -0.2) is 53.1 Å². The van der Waals surface area contributed by atoms with Crippen molar-refractivity contribution in [1.29, 1.82) is 0 Å². The fraction of sp³-hybridized carbons (Fsp3) is 0.538. The Morgan fingerprint density at radius 1 is 1.48 bits per heavy atom. The molecular formula is C13H16ClN3O3S. The molecule has 2 saturated heterocycles. The van der Waals surface area contributed by atoms with E-state index in [0.717, 1.165) is 9.21 Å². The molecule has 2 amide bonds. The number of piperazine rings is 1. The molecule has 0 spiro atoms. The minimum atomic E-state index is -0.802. The van der Waals surface area contributed by atoms with Crippen LogP contribution in [0.3, 0.4) is 0 Å². The zero-order valence-electron chi connectivity index (χ0n) is 11.2. The van der Waals surface area contributed by atoms with Crippen LogP contribution in [-0.2, 0) is 16.1 Å². The molecule has 3 heterocycles. The highest BCUT2D eigenvalue weighted by Crippen LogP contribution is 2.24. The van der Waals surface area contributed by atoms with Gasteiger partial charge in [0.15, 0.2) is 0 Å². The molecule has 114 valence electrons. The number of halogens is 1. The fourth-order valence-corrected chi connectivity index (χ4v) is 3.86. The number of hydrogen-bond acceptors (Lipinski definition) is 5. The summed E-state index contributed by atoms with van der Waals surface area (Å²) in [5, 5.41) is 15.0. The van der Waals surface area contributed by atoms with Crippen molar-refractivity contribution in [3.63, 3.8) is 0 Å². The smallest absolute Gasteiger partial charge is 0.248 e. The van der Waals surface area contributed by atoms with Gasteiger partial charge in [0.05, 0.1) is 10.9 Å². The average molecular weight is 330 g/mol. The van der Waals surface area contributed by atoms with Gasteiger partial charge < -0.3 is 20.6 Å². The summed E-state index contributed by atoms with van der Waals surface area (Å²) in [4.78, 5) is 26.8. The van der Waals surface area contributed by atoms with Crippen LogP contribution in [0, 0.1) is 0 Å². The zero-order valence-corrected chi connectivity index (χ0v) is 12.8. The topological polar surface area (TPSA) is 81.7 Å². The first-order valence-electron chi connectivity index (χ1n) is 6.78. The van der Waals surface area contributed by atoms with Crippen molar-refractivity contribution in [1.82, 2.24) is 15.5 Å². The summed E-state index contributed by atoms with van der Waals surface area (Å²) >= 11 is 7.40. The van der Waals surface area contributed by atoms with Gasteiger partial charge in [0, 0.05) is 24.0 Å². The maximum atomic E-state index is 12.1. The molecule has 21 heavy (non-hydrogen) atoms. The minimum absolute atomic E-state index is 0.0722. The van der Waals surface area contributed by atoms with Gasteiger partial charge in [-0.3, -0.25) is 9.59 Å². The lowest BCUT2D eigenvalue weighted by atomic mass is 10.1. The number of aliphatic hydroxyl groups excluding tert-OH is 1. The molecular weight excluding hydrogens is 314 g/mol. The molecule has 3 rings (SSSR count). The Kier molecular flexibility index (Phi) is 4.17. The van der Waals surface area contributed by atoms with Gasteiger partial charge in [0.1, 0.15) is 12.1 Å². The number of carbonyl (C=O) groups excluding carboxylic acids is 2. The van der Waals surface area contributed by atoms with Gasteiger partial charge >= 0.3 is 0 Å². The van der Waals surface area contributed by atoms with Crippen LogP contribution in [0.4, 0.5) is 0 Å². The summed E-state index contributed by atoms with van der Waals surface area (Å²) in [5.41, 5.74) is 0. The van der Waals surface area contributed by atoms with Crippen molar-refractivity contribution in [3.8, 4) is 0 Å². The van der Waals surface area contributed by atoms with Crippen LogP contribution >= 0.6 is 22.9 Å². The van der Waals surface area contributed by atoms with Crippen LogP contribution in [0.15, 0.2) is 12.1 Å². The lowest BCUT2D eigenvalue weighted by Crippen LogP contribution is -2.62. The first kappa shape index (κ1) is 14.8. The molecule has 2 fully saturated rings. The number of fused-ring (bicyclic) bond motifs is 1. The third-order valence-electron chi connectivity index (χ3n) is 3.88. The largest absolute Gasteiger partial charge is 0.394 e. The van der Waals surface area contributed by atoms with E-state index in [1.165, 1.54) is 11.3 Å². The van der Waals surface area contributed by atoms with Crippen LogP contribution in [0.25, 0.3) is 0 Å². The summed E-state index contributed by atoms with van der Waals surface area (Å²) in [5.74, 6) is -0.386. The quantitative estimate of drug-likeness (QED) is 0.723. The molecule has 8 heteroatoms. The molecule has 3 N–H and O–H groups in total. The van der Waals surface area contributed by atoms with E-state index >= 15 is 0 Å². The Labute approximate surface area is 131 Å². The average Bonchev–Trinajstić information content (AvgIpc) is 3.07. The zero-order chi connectivity index (χ0) is 15.0. The van der Waals surface area contributed by atoms with Crippen LogP contribution in [0.2, 0.25) is 4.34 Å². The van der Waals surface area contributed by atoms with E-state index in [0.29, 0.717) is 19.5 Å². The van der Waals surface area contributed by atoms with Crippen molar-refractivity contribution >= 4 is 34.8 Å². The summed E-state index contributed by atoms with van der Waals surface area (Å²) in [7, 11) is 0. The number of hydrogen-bond donors (Lipinski definition) is 3. The van der Waals surface area contributed by atoms with Gasteiger partial charge in [-0.2, -0.15) is 0 Å². The molecule has 2 aliphatic rings. The number of thiophene rings is 1. The van der Waals surface area contributed by atoms with Gasteiger partial charge in [-0.05, 0) is 18.6 Å². The highest BCUT2D eigenvalue weighted by Gasteiger charge is 2.45. The van der Waals surface area contributed by atoms with Gasteiger partial charge in [-0.25, -0.2) is 0 Å². The molecule has 0 radical (unpaired) electrons. The number of nitrogens with one attached hydrogen (secondary N) is 2. The summed E-state index contributed by atoms with van der Waals surface area (Å²) < 4.78 is 0.746. The monoisotopic (exact) mass is 329 g/mol. The molecule has 0 aromatic carbocycles. The minimum Gasteiger partial charge on any atom is -0.394 e. The van der Waals surface area contributed by atoms with Crippen molar-refractivity contribution in [2.45, 2.75) is 31.1 Å². The molecule has 0 unspecified atom stereocenters. The van der Waals surface area contributed by atoms with Crippen LogP contribution in [0.5, 0.6) is 0 Å². The highest BCUT2D eigenvalue weighted by molar-refractivity contribution is 7.16. The Morgan fingerprint density at radius 3 is 2.95 bits per heavy atom. The van der Waals surface area contributed by atoms with E-state index < -0.39 is 12.1 Å². The van der Waals surface area contributed by atoms with Gasteiger partial charge in [0.25, 0.3) is 0 Å². The number of carbonyl (C=O) groups is 2. The summed E-state index contributed by atoms with van der Waals surface area (Å²) in [6.07, 6.45) is 0.592. The first-order chi connectivity index (χ1) is 10.1. The lowest BCUT2D eigenvalue weighted by Gasteiger charge is -2.33. The second kappa shape index (κ2) is 5.92. The molecule has 0 aliphatic carbocycles. The van der Waals surface area contributed by atoms with E-state index in [4.69, 9.17) is 16.7 Å². The second-order valence-corrected chi connectivity index (χ2v) is 7.07. The summed E-state index contributed by atoms with van der Waals surface area (Å²) in [6, 6.07) is 2.66. The van der Waals surface area contributed by atoms with E-state index in [1.54, 1.807) is 4.90 Å². The Bertz CT molecular complexity index is 565. The number of rotatable bonds is 4. The summed E-state index contributed by atoms with van der Waals surface area (Å²) in [6.45, 7) is 0.800. The molecule has 6 nitrogen and oxygen atoms in total. The molecule has 1 aromatic rings. The Hall–Kier alpha value is -1.15. The van der Waals surface area contributed by atoms with Crippen molar-refractivity contribution < 1.29 is 14.7 Å². The Balaban J connectivity index is 1.61. The SMILES string of the molecule is O=C1N[C@H](CO)C(=O)N2C[C@@H](NCc3ccc(Cl)s3)C[C@@H]12. The predicted molar refractivity (Wildman–Crippen MR) is 79.1 cm³/mol. The van der Waals surface area contributed by atoms with Gasteiger partial charge in [-0.15, -0.1) is 11.3 Å². The lowest BCUT2D eigenvalue weighted by molar-refractivity contribution is -0.148. The van der Waals surface area contributed by atoms with Crippen LogP contribution < -0.4 is 10.6 Å². The maximum absolute atomic E-state index is 12.1. The fourth-order valence-electron chi connectivity index (χ4n) is 2.82. The Morgan fingerprint density at radius 2 is 2.29 bits per heavy atom. The van der Waals surface area contributed by atoms with Crippen LogP contribution in [0.1, 0.15) is 11.3 Å². The van der Waals surface area contributed by atoms with E-state index in [-0.39, 0.29) is 24.5 Å². The predicted octanol–water partition coefficient (Wildman–Crippen LogP) is -0.0487. The number of nitrogens with zero attached hydrogens (tertiary/aromatic N) is 1. The van der Waals surface area contributed by atoms with Crippen molar-refractivity contribution in [2.24, 2.45) is 0 Å². The molecule has 3 atom stereocenters. The third-order valence-corrected chi connectivity index (χ3v) is 5.11.